The molecular formula is C18H17Cl2F3N2O. The molecule has 0 spiro atoms. The molecule has 0 bridgehead atoms. The molecule has 1 amide bonds. The van der Waals surface area contributed by atoms with Gasteiger partial charge in [-0.1, -0.05) is 23.7 Å². The highest BCUT2D eigenvalue weighted by atomic mass is 35.5. The Hall–Kier alpha value is -1.76. The van der Waals surface area contributed by atoms with Crippen molar-refractivity contribution in [3.63, 3.8) is 0 Å². The van der Waals surface area contributed by atoms with E-state index in [1.165, 1.54) is 24.3 Å². The van der Waals surface area contributed by atoms with E-state index in [-0.39, 0.29) is 35.0 Å². The zero-order valence-corrected chi connectivity index (χ0v) is 15.1. The maximum Gasteiger partial charge on any atom is 0.253 e. The van der Waals surface area contributed by atoms with Crippen LogP contribution in [0.3, 0.4) is 0 Å². The molecule has 1 heterocycles. The number of halogens is 5. The fourth-order valence-corrected chi connectivity index (χ4v) is 3.29. The van der Waals surface area contributed by atoms with Crippen molar-refractivity contribution in [3.8, 4) is 0 Å². The number of piperidine rings is 1. The van der Waals surface area contributed by atoms with Gasteiger partial charge in [0.1, 0.15) is 5.82 Å². The van der Waals surface area contributed by atoms with Crippen LogP contribution in [0.1, 0.15) is 28.3 Å². The number of rotatable bonds is 3. The summed E-state index contributed by atoms with van der Waals surface area (Å²) in [6, 6.07) is 7.40. The molecule has 1 aliphatic rings. The highest BCUT2D eigenvalue weighted by molar-refractivity contribution is 6.34. The Morgan fingerprint density at radius 3 is 2.62 bits per heavy atom. The van der Waals surface area contributed by atoms with E-state index in [9.17, 15) is 18.0 Å². The van der Waals surface area contributed by atoms with E-state index < -0.39 is 23.4 Å². The molecule has 2 atom stereocenters. The molecule has 1 saturated heterocycles. The molecule has 0 aliphatic carbocycles. The van der Waals surface area contributed by atoms with Crippen LogP contribution >= 0.6 is 24.0 Å². The molecule has 1 aliphatic heterocycles. The van der Waals surface area contributed by atoms with Crippen molar-refractivity contribution in [2.75, 3.05) is 13.1 Å². The van der Waals surface area contributed by atoms with Crippen molar-refractivity contribution in [2.24, 2.45) is 0 Å². The zero-order valence-electron chi connectivity index (χ0n) is 13.6. The molecule has 3 rings (SSSR count). The monoisotopic (exact) mass is 404 g/mol. The van der Waals surface area contributed by atoms with Gasteiger partial charge in [0.25, 0.3) is 5.91 Å². The summed E-state index contributed by atoms with van der Waals surface area (Å²) in [5.41, 5.74) is 0.646. The van der Waals surface area contributed by atoms with Crippen molar-refractivity contribution in [2.45, 2.75) is 18.4 Å². The Balaban J connectivity index is 0.00000243. The van der Waals surface area contributed by atoms with E-state index >= 15 is 0 Å². The van der Waals surface area contributed by atoms with Gasteiger partial charge in [0.05, 0.1) is 10.6 Å². The molecule has 0 saturated carbocycles. The molecule has 3 nitrogen and oxygen atoms in total. The van der Waals surface area contributed by atoms with Crippen LogP contribution in [-0.2, 0) is 0 Å². The minimum atomic E-state index is -0.922. The average Bonchev–Trinajstić information content (AvgIpc) is 2.60. The predicted octanol–water partition coefficient (Wildman–Crippen LogP) is 4.05. The summed E-state index contributed by atoms with van der Waals surface area (Å²) < 4.78 is 40.3. The lowest BCUT2D eigenvalue weighted by molar-refractivity contribution is 0.0924. The van der Waals surface area contributed by atoms with Crippen LogP contribution in [0.15, 0.2) is 36.4 Å². The van der Waals surface area contributed by atoms with Crippen LogP contribution in [0.25, 0.3) is 0 Å². The molecule has 140 valence electrons. The van der Waals surface area contributed by atoms with Crippen LogP contribution in [-0.4, -0.2) is 25.0 Å². The molecular weight excluding hydrogens is 388 g/mol. The van der Waals surface area contributed by atoms with Crippen molar-refractivity contribution in [1.82, 2.24) is 10.6 Å². The molecule has 8 heteroatoms. The summed E-state index contributed by atoms with van der Waals surface area (Å²) >= 11 is 5.85. The van der Waals surface area contributed by atoms with Crippen LogP contribution in [0.4, 0.5) is 13.2 Å². The number of hydrogen-bond acceptors (Lipinski definition) is 2. The molecule has 2 aromatic carbocycles. The van der Waals surface area contributed by atoms with Crippen LogP contribution in [0.2, 0.25) is 5.02 Å². The minimum Gasteiger partial charge on any atom is -0.347 e. The Morgan fingerprint density at radius 2 is 1.88 bits per heavy atom. The van der Waals surface area contributed by atoms with Crippen molar-refractivity contribution >= 4 is 29.9 Å². The van der Waals surface area contributed by atoms with E-state index in [0.717, 1.165) is 12.1 Å². The van der Waals surface area contributed by atoms with E-state index in [0.29, 0.717) is 25.1 Å². The topological polar surface area (TPSA) is 41.1 Å². The van der Waals surface area contributed by atoms with Gasteiger partial charge in [0.15, 0.2) is 11.6 Å². The standard InChI is InChI=1S/C18H16ClF3N2O.ClH/c19-17-12(2-1-3-14(17)21)18(25)24-16-9-23-7-6-11(16)10-4-5-13(20)15(22)8-10;/h1-5,8,11,16,23H,6-7,9H2,(H,24,25);1H. The number of benzene rings is 2. The second-order valence-corrected chi connectivity index (χ2v) is 6.33. The number of hydrogen-bond donors (Lipinski definition) is 2. The SMILES string of the molecule is Cl.O=C(NC1CNCCC1c1ccc(F)c(F)c1)c1cccc(F)c1Cl. The smallest absolute Gasteiger partial charge is 0.253 e. The van der Waals surface area contributed by atoms with E-state index in [1.54, 1.807) is 0 Å². The van der Waals surface area contributed by atoms with Gasteiger partial charge < -0.3 is 10.6 Å². The summed E-state index contributed by atoms with van der Waals surface area (Å²) in [7, 11) is 0. The molecule has 2 aromatic rings. The van der Waals surface area contributed by atoms with Gasteiger partial charge in [-0.05, 0) is 42.8 Å². The third-order valence-electron chi connectivity index (χ3n) is 4.37. The van der Waals surface area contributed by atoms with E-state index in [2.05, 4.69) is 10.6 Å². The Bertz CT molecular complexity index is 804. The van der Waals surface area contributed by atoms with Gasteiger partial charge in [-0.2, -0.15) is 0 Å². The molecule has 2 N–H and O–H groups in total. The van der Waals surface area contributed by atoms with Crippen molar-refractivity contribution in [3.05, 3.63) is 70.0 Å². The summed E-state index contributed by atoms with van der Waals surface area (Å²) in [6.07, 6.45) is 0.646. The van der Waals surface area contributed by atoms with Crippen LogP contribution in [0, 0.1) is 17.5 Å². The van der Waals surface area contributed by atoms with Gasteiger partial charge in [-0.15, -0.1) is 12.4 Å². The molecule has 1 fully saturated rings. The number of carbonyl (C=O) groups excluding carboxylic acids is 1. The highest BCUT2D eigenvalue weighted by Gasteiger charge is 2.29. The molecule has 26 heavy (non-hydrogen) atoms. The molecule has 2 unspecified atom stereocenters. The maximum absolute atomic E-state index is 13.5. The second-order valence-electron chi connectivity index (χ2n) is 5.95. The highest BCUT2D eigenvalue weighted by Crippen LogP contribution is 2.28. The van der Waals surface area contributed by atoms with Crippen LogP contribution in [0.5, 0.6) is 0 Å². The summed E-state index contributed by atoms with van der Waals surface area (Å²) in [5, 5.41) is 5.73. The number of carbonyl (C=O) groups is 1. The van der Waals surface area contributed by atoms with Crippen molar-refractivity contribution < 1.29 is 18.0 Å². The van der Waals surface area contributed by atoms with Crippen LogP contribution < -0.4 is 10.6 Å². The minimum absolute atomic E-state index is 0. The van der Waals surface area contributed by atoms with E-state index in [4.69, 9.17) is 11.6 Å². The summed E-state index contributed by atoms with van der Waals surface area (Å²) in [4.78, 5) is 12.5. The molecule has 0 radical (unpaired) electrons. The second kappa shape index (κ2) is 8.75. The van der Waals surface area contributed by atoms with Crippen molar-refractivity contribution in [1.29, 1.82) is 0 Å². The lowest BCUT2D eigenvalue weighted by Crippen LogP contribution is -2.50. The number of nitrogens with one attached hydrogen (secondary N) is 2. The van der Waals surface area contributed by atoms with Gasteiger partial charge in [-0.3, -0.25) is 4.79 Å². The normalized spacial score (nSPS) is 19.5. The molecule has 0 aromatic heterocycles. The van der Waals surface area contributed by atoms with E-state index in [1.807, 2.05) is 0 Å². The first kappa shape index (κ1) is 20.6. The fourth-order valence-electron chi connectivity index (χ4n) is 3.08. The van der Waals surface area contributed by atoms with Gasteiger partial charge >= 0.3 is 0 Å². The quantitative estimate of drug-likeness (QED) is 0.809. The number of amides is 1. The predicted molar refractivity (Wildman–Crippen MR) is 96.5 cm³/mol. The Morgan fingerprint density at radius 1 is 1.12 bits per heavy atom. The van der Waals surface area contributed by atoms with Gasteiger partial charge in [0, 0.05) is 18.5 Å². The zero-order chi connectivity index (χ0) is 18.0. The third kappa shape index (κ3) is 4.31. The largest absolute Gasteiger partial charge is 0.347 e. The Labute approximate surface area is 160 Å². The van der Waals surface area contributed by atoms with Gasteiger partial charge in [-0.25, -0.2) is 13.2 Å². The lowest BCUT2D eigenvalue weighted by atomic mass is 9.85. The Kier molecular flexibility index (Phi) is 6.92. The first-order valence-electron chi connectivity index (χ1n) is 7.88. The first-order valence-corrected chi connectivity index (χ1v) is 8.25. The summed E-state index contributed by atoms with van der Waals surface area (Å²) in [5.74, 6) is -3.20. The fraction of sp³-hybridized carbons (Fsp3) is 0.278. The van der Waals surface area contributed by atoms with Gasteiger partial charge in [0.2, 0.25) is 0 Å². The lowest BCUT2D eigenvalue weighted by Gasteiger charge is -2.33. The average molecular weight is 405 g/mol. The maximum atomic E-state index is 13.5. The third-order valence-corrected chi connectivity index (χ3v) is 4.75. The first-order chi connectivity index (χ1) is 12.0. The summed E-state index contributed by atoms with van der Waals surface area (Å²) in [6.45, 7) is 1.15.